The van der Waals surface area contributed by atoms with Crippen LogP contribution in [-0.4, -0.2) is 61.1 Å². The summed E-state index contributed by atoms with van der Waals surface area (Å²) >= 11 is 0. The number of unbranched alkanes of at least 4 members (excludes halogenated alkanes) is 4. The summed E-state index contributed by atoms with van der Waals surface area (Å²) in [5.74, 6) is -1.66. The number of esters is 1. The average molecular weight is 724 g/mol. The maximum absolute atomic E-state index is 13.2. The molecule has 0 aliphatic heterocycles. The standard InChI is InChI=1S/C41H45N3O9/c1-3-4-5-6-7-24-52-34-22-14-31(15-23-34)41(50)53-35-20-10-28(11-21-35)25-36(40(49)42-27-38(46)47)44-39(48)30-12-16-32(17-13-30)43-37(45)26-29-8-18-33(51-2)19-9-29/h8-23,36H,3-7,24-27H2,1-2H3,(H,42,49)(H,43,45)(H,44,48)(H,46,47). The predicted octanol–water partition coefficient (Wildman–Crippen LogP) is 5.99. The van der Waals surface area contributed by atoms with Crippen molar-refractivity contribution < 1.29 is 43.3 Å². The molecule has 4 aromatic rings. The molecule has 4 rings (SSSR count). The van der Waals surface area contributed by atoms with E-state index in [4.69, 9.17) is 19.3 Å². The van der Waals surface area contributed by atoms with Crippen molar-refractivity contribution in [3.63, 3.8) is 0 Å². The van der Waals surface area contributed by atoms with Gasteiger partial charge in [0, 0.05) is 17.7 Å². The van der Waals surface area contributed by atoms with Crippen molar-refractivity contribution in [2.75, 3.05) is 25.6 Å². The highest BCUT2D eigenvalue weighted by molar-refractivity contribution is 5.99. The number of hydrogen-bond donors (Lipinski definition) is 4. The molecule has 0 aromatic heterocycles. The SMILES string of the molecule is CCCCCCCOc1ccc(C(=O)Oc2ccc(CC(NC(=O)c3ccc(NC(=O)Cc4ccc(OC)cc4)cc3)C(=O)NCC(=O)O)cc2)cc1. The minimum atomic E-state index is -1.24. The average Bonchev–Trinajstić information content (AvgIpc) is 3.16. The number of amides is 3. The van der Waals surface area contributed by atoms with E-state index in [9.17, 15) is 24.0 Å². The van der Waals surface area contributed by atoms with E-state index in [0.717, 1.165) is 18.4 Å². The maximum atomic E-state index is 13.2. The summed E-state index contributed by atoms with van der Waals surface area (Å²) in [6.07, 6.45) is 5.86. The first-order valence-corrected chi connectivity index (χ1v) is 17.5. The number of carbonyl (C=O) groups excluding carboxylic acids is 4. The van der Waals surface area contributed by atoms with Gasteiger partial charge in [-0.3, -0.25) is 19.2 Å². The number of carbonyl (C=O) groups is 5. The first kappa shape index (κ1) is 39.6. The second kappa shape index (κ2) is 20.6. The third-order valence-electron chi connectivity index (χ3n) is 8.17. The van der Waals surface area contributed by atoms with Gasteiger partial charge in [-0.2, -0.15) is 0 Å². The Kier molecular flexibility index (Phi) is 15.4. The van der Waals surface area contributed by atoms with Gasteiger partial charge in [-0.1, -0.05) is 56.9 Å². The van der Waals surface area contributed by atoms with Gasteiger partial charge < -0.3 is 35.3 Å². The molecule has 0 bridgehead atoms. The number of aliphatic carboxylic acids is 1. The number of anilines is 1. The van der Waals surface area contributed by atoms with Crippen molar-refractivity contribution in [3.8, 4) is 17.2 Å². The molecule has 4 N–H and O–H groups in total. The summed E-state index contributed by atoms with van der Waals surface area (Å²) in [7, 11) is 1.56. The van der Waals surface area contributed by atoms with E-state index in [1.165, 1.54) is 31.4 Å². The van der Waals surface area contributed by atoms with E-state index in [1.807, 2.05) is 0 Å². The molecule has 4 aromatic carbocycles. The normalized spacial score (nSPS) is 11.1. The monoisotopic (exact) mass is 723 g/mol. The van der Waals surface area contributed by atoms with Gasteiger partial charge in [-0.05, 0) is 90.3 Å². The fourth-order valence-electron chi connectivity index (χ4n) is 5.25. The summed E-state index contributed by atoms with van der Waals surface area (Å²) < 4.78 is 16.4. The number of rotatable bonds is 20. The predicted molar refractivity (Wildman–Crippen MR) is 199 cm³/mol. The molecule has 0 fully saturated rings. The molecule has 3 amide bonds. The summed E-state index contributed by atoms with van der Waals surface area (Å²) in [5, 5.41) is 16.8. The van der Waals surface area contributed by atoms with Crippen molar-refractivity contribution in [1.82, 2.24) is 10.6 Å². The summed E-state index contributed by atoms with van der Waals surface area (Å²) in [6, 6.07) is 25.3. The molecule has 53 heavy (non-hydrogen) atoms. The molecule has 0 spiro atoms. The number of nitrogens with one attached hydrogen (secondary N) is 3. The number of benzene rings is 4. The highest BCUT2D eigenvalue weighted by atomic mass is 16.5. The first-order valence-electron chi connectivity index (χ1n) is 17.5. The number of methoxy groups -OCH3 is 1. The number of ether oxygens (including phenoxy) is 3. The van der Waals surface area contributed by atoms with Crippen LogP contribution in [0.1, 0.15) is 70.9 Å². The molecule has 0 aliphatic rings. The van der Waals surface area contributed by atoms with Crippen LogP contribution in [0, 0.1) is 0 Å². The van der Waals surface area contributed by atoms with Gasteiger partial charge in [-0.25, -0.2) is 4.79 Å². The Hall–Kier alpha value is -6.17. The van der Waals surface area contributed by atoms with E-state index in [2.05, 4.69) is 22.9 Å². The molecule has 12 nitrogen and oxygen atoms in total. The van der Waals surface area contributed by atoms with E-state index >= 15 is 0 Å². The Morgan fingerprint density at radius 1 is 0.698 bits per heavy atom. The van der Waals surface area contributed by atoms with Crippen LogP contribution in [0.25, 0.3) is 0 Å². The van der Waals surface area contributed by atoms with Crippen LogP contribution < -0.4 is 30.2 Å². The highest BCUT2D eigenvalue weighted by Gasteiger charge is 2.23. The van der Waals surface area contributed by atoms with Crippen molar-refractivity contribution in [3.05, 3.63) is 119 Å². The van der Waals surface area contributed by atoms with Crippen LogP contribution in [0.3, 0.4) is 0 Å². The molecule has 1 atom stereocenters. The van der Waals surface area contributed by atoms with Crippen molar-refractivity contribution in [1.29, 1.82) is 0 Å². The summed E-state index contributed by atoms with van der Waals surface area (Å²) in [4.78, 5) is 62.5. The lowest BCUT2D eigenvalue weighted by atomic mass is 10.0. The Morgan fingerprint density at radius 2 is 1.30 bits per heavy atom. The lowest BCUT2D eigenvalue weighted by Crippen LogP contribution is -2.49. The van der Waals surface area contributed by atoms with Gasteiger partial charge >= 0.3 is 11.9 Å². The van der Waals surface area contributed by atoms with E-state index in [-0.39, 0.29) is 30.1 Å². The lowest BCUT2D eigenvalue weighted by Gasteiger charge is -2.18. The Balaban J connectivity index is 1.31. The molecule has 12 heteroatoms. The van der Waals surface area contributed by atoms with E-state index < -0.39 is 36.3 Å². The molecular formula is C41H45N3O9. The van der Waals surface area contributed by atoms with Gasteiger partial charge in [0.1, 0.15) is 29.8 Å². The van der Waals surface area contributed by atoms with E-state index in [1.54, 1.807) is 92.0 Å². The molecule has 278 valence electrons. The second-order valence-corrected chi connectivity index (χ2v) is 12.3. The highest BCUT2D eigenvalue weighted by Crippen LogP contribution is 2.19. The third kappa shape index (κ3) is 13.5. The van der Waals surface area contributed by atoms with Crippen LogP contribution in [0.15, 0.2) is 97.1 Å². The van der Waals surface area contributed by atoms with Crippen LogP contribution in [0.5, 0.6) is 17.2 Å². The van der Waals surface area contributed by atoms with Gasteiger partial charge in [0.2, 0.25) is 11.8 Å². The number of carboxylic acids is 1. The van der Waals surface area contributed by atoms with Crippen LogP contribution in [-0.2, 0) is 27.2 Å². The van der Waals surface area contributed by atoms with E-state index in [0.29, 0.717) is 34.9 Å². The molecule has 0 heterocycles. The van der Waals surface area contributed by atoms with Crippen molar-refractivity contribution in [2.24, 2.45) is 0 Å². The molecule has 0 saturated heterocycles. The van der Waals surface area contributed by atoms with Crippen LogP contribution in [0.4, 0.5) is 5.69 Å². The zero-order chi connectivity index (χ0) is 38.0. The van der Waals surface area contributed by atoms with Gasteiger partial charge in [0.05, 0.1) is 25.7 Å². The van der Waals surface area contributed by atoms with Crippen molar-refractivity contribution >= 4 is 35.3 Å². The quantitative estimate of drug-likeness (QED) is 0.0486. The van der Waals surface area contributed by atoms with Gasteiger partial charge in [0.15, 0.2) is 0 Å². The molecule has 1 unspecified atom stereocenters. The minimum Gasteiger partial charge on any atom is -0.497 e. The number of carboxylic acid groups (broad SMARTS) is 1. The Labute approximate surface area is 308 Å². The zero-order valence-corrected chi connectivity index (χ0v) is 29.9. The zero-order valence-electron chi connectivity index (χ0n) is 29.9. The van der Waals surface area contributed by atoms with Gasteiger partial charge in [0.25, 0.3) is 5.91 Å². The molecule has 0 radical (unpaired) electrons. The summed E-state index contributed by atoms with van der Waals surface area (Å²) in [6.45, 7) is 2.16. The van der Waals surface area contributed by atoms with Gasteiger partial charge in [-0.15, -0.1) is 0 Å². The molecule has 0 saturated carbocycles. The lowest BCUT2D eigenvalue weighted by molar-refractivity contribution is -0.138. The fourth-order valence-corrected chi connectivity index (χ4v) is 5.25. The summed E-state index contributed by atoms with van der Waals surface area (Å²) in [5.41, 5.74) is 2.47. The maximum Gasteiger partial charge on any atom is 0.343 e. The smallest absolute Gasteiger partial charge is 0.343 e. The first-order chi connectivity index (χ1) is 25.6. The Morgan fingerprint density at radius 3 is 1.94 bits per heavy atom. The number of hydrogen-bond acceptors (Lipinski definition) is 8. The topological polar surface area (TPSA) is 169 Å². The van der Waals surface area contributed by atoms with Crippen molar-refractivity contribution in [2.45, 2.75) is 57.9 Å². The minimum absolute atomic E-state index is 0.0188. The Bertz CT molecular complexity index is 1810. The van der Waals surface area contributed by atoms with Crippen LogP contribution in [0.2, 0.25) is 0 Å². The molecule has 0 aliphatic carbocycles. The van der Waals surface area contributed by atoms with Crippen LogP contribution >= 0.6 is 0 Å². The molecular weight excluding hydrogens is 678 g/mol. The largest absolute Gasteiger partial charge is 0.497 e. The second-order valence-electron chi connectivity index (χ2n) is 12.3. The third-order valence-corrected chi connectivity index (χ3v) is 8.17. The fraction of sp³-hybridized carbons (Fsp3) is 0.293.